The SMILES string of the molecule is CC[C@@H](O)[C@H]1CO[C@@H](OC)[C@H](Oc2cc(OC)c3c(c2)O[C@@]2(c4ccc(OC)cc4)[C@H](c4ccccc4)[C@@H](C(=O)CCCSSc4ccc([N+](=O)[O-])cn4)[C@@H](O)[C@@]32O)O1. The summed E-state index contributed by atoms with van der Waals surface area (Å²) in [5.74, 6) is -0.761. The van der Waals surface area contributed by atoms with E-state index >= 15 is 0 Å². The molecule has 7 rings (SSSR count). The van der Waals surface area contributed by atoms with Crippen molar-refractivity contribution >= 4 is 33.1 Å². The van der Waals surface area contributed by atoms with E-state index in [1.807, 2.05) is 37.3 Å². The van der Waals surface area contributed by atoms with Gasteiger partial charge >= 0.3 is 0 Å². The maximum atomic E-state index is 14.6. The predicted octanol–water partition coefficient (Wildman–Crippen LogP) is 5.91. The van der Waals surface area contributed by atoms with Gasteiger partial charge in [-0.3, -0.25) is 14.9 Å². The Morgan fingerprint density at radius 1 is 1.03 bits per heavy atom. The van der Waals surface area contributed by atoms with Gasteiger partial charge in [0.1, 0.15) is 52.2 Å². The van der Waals surface area contributed by atoms with Crippen LogP contribution in [0, 0.1) is 16.0 Å². The molecule has 0 bridgehead atoms. The van der Waals surface area contributed by atoms with E-state index < -0.39 is 58.9 Å². The Bertz CT molecular complexity index is 2100. The molecule has 59 heavy (non-hydrogen) atoms. The van der Waals surface area contributed by atoms with Gasteiger partial charge < -0.3 is 48.5 Å². The van der Waals surface area contributed by atoms with Crippen LogP contribution in [0.1, 0.15) is 48.8 Å². The maximum absolute atomic E-state index is 14.6. The first-order valence-electron chi connectivity index (χ1n) is 19.1. The molecule has 0 amide bonds. The van der Waals surface area contributed by atoms with Gasteiger partial charge in [-0.15, -0.1) is 0 Å². The Morgan fingerprint density at radius 3 is 2.44 bits per heavy atom. The number of methoxy groups -OCH3 is 3. The molecule has 0 radical (unpaired) electrons. The number of ether oxygens (including phenoxy) is 7. The molecule has 17 heteroatoms. The number of nitrogens with zero attached hydrogens (tertiary/aromatic N) is 2. The molecule has 9 atom stereocenters. The minimum Gasteiger partial charge on any atom is -0.497 e. The van der Waals surface area contributed by atoms with Crippen molar-refractivity contribution in [3.05, 3.63) is 112 Å². The number of nitro groups is 1. The van der Waals surface area contributed by atoms with Gasteiger partial charge in [-0.1, -0.05) is 60.2 Å². The number of rotatable bonds is 17. The van der Waals surface area contributed by atoms with Crippen LogP contribution in [-0.2, 0) is 30.2 Å². The molecule has 3 aromatic carbocycles. The first-order chi connectivity index (χ1) is 28.5. The maximum Gasteiger partial charge on any atom is 0.287 e. The molecule has 3 N–H and O–H groups in total. The van der Waals surface area contributed by atoms with Crippen LogP contribution in [0.3, 0.4) is 0 Å². The van der Waals surface area contributed by atoms with Crippen LogP contribution < -0.4 is 18.9 Å². The number of carbonyl (C=O) groups excluding carboxylic acids is 1. The molecule has 2 fully saturated rings. The molecule has 4 aromatic rings. The van der Waals surface area contributed by atoms with Crippen LogP contribution in [0.15, 0.2) is 90.1 Å². The van der Waals surface area contributed by atoms with Gasteiger partial charge in [0.2, 0.25) is 6.29 Å². The highest BCUT2D eigenvalue weighted by molar-refractivity contribution is 8.76. The lowest BCUT2D eigenvalue weighted by Gasteiger charge is -2.41. The van der Waals surface area contributed by atoms with Gasteiger partial charge in [0.05, 0.1) is 43.3 Å². The summed E-state index contributed by atoms with van der Waals surface area (Å²) < 4.78 is 42.1. The number of Topliss-reactive ketones (excluding diaryl/α,β-unsaturated/α-hetero) is 1. The fourth-order valence-corrected chi connectivity index (χ4v) is 10.3. The van der Waals surface area contributed by atoms with Crippen LogP contribution >= 0.6 is 21.6 Å². The summed E-state index contributed by atoms with van der Waals surface area (Å²) in [6.45, 7) is 1.92. The molecule has 3 heterocycles. The van der Waals surface area contributed by atoms with Crippen molar-refractivity contribution < 1.29 is 58.2 Å². The second kappa shape index (κ2) is 18.0. The molecular weight excluding hydrogens is 805 g/mol. The van der Waals surface area contributed by atoms with Crippen molar-refractivity contribution in [3.63, 3.8) is 0 Å². The third-order valence-corrected chi connectivity index (χ3v) is 13.5. The number of aliphatic hydroxyl groups excluding tert-OH is 2. The number of carbonyl (C=O) groups is 1. The zero-order chi connectivity index (χ0) is 41.9. The van der Waals surface area contributed by atoms with Crippen molar-refractivity contribution in [1.29, 1.82) is 0 Å². The summed E-state index contributed by atoms with van der Waals surface area (Å²) in [6, 6.07) is 22.2. The van der Waals surface area contributed by atoms with Crippen molar-refractivity contribution in [2.24, 2.45) is 5.92 Å². The summed E-state index contributed by atoms with van der Waals surface area (Å²) in [5, 5.41) is 48.2. The van der Waals surface area contributed by atoms with E-state index in [4.69, 9.17) is 33.2 Å². The highest BCUT2D eigenvalue weighted by Crippen LogP contribution is 2.70. The fraction of sp³-hybridized carbons (Fsp3) is 0.429. The number of aromatic nitrogens is 1. The van der Waals surface area contributed by atoms with E-state index in [9.17, 15) is 30.2 Å². The van der Waals surface area contributed by atoms with Crippen molar-refractivity contribution in [2.75, 3.05) is 33.7 Å². The number of aliphatic hydroxyl groups is 3. The van der Waals surface area contributed by atoms with Gasteiger partial charge in [-0.25, -0.2) is 4.98 Å². The highest BCUT2D eigenvalue weighted by Gasteiger charge is 2.77. The largest absolute Gasteiger partial charge is 0.497 e. The van der Waals surface area contributed by atoms with Crippen molar-refractivity contribution in [2.45, 2.75) is 79.2 Å². The Morgan fingerprint density at radius 2 is 1.80 bits per heavy atom. The second-order valence-corrected chi connectivity index (χ2v) is 16.8. The average Bonchev–Trinajstić information content (AvgIpc) is 3.64. The Labute approximate surface area is 348 Å². The minimum atomic E-state index is -2.25. The topological polar surface area (TPSA) is 198 Å². The number of hydrogen-bond donors (Lipinski definition) is 3. The zero-order valence-electron chi connectivity index (χ0n) is 32.8. The third-order valence-electron chi connectivity index (χ3n) is 11.1. The molecule has 314 valence electrons. The lowest BCUT2D eigenvalue weighted by atomic mass is 9.70. The highest BCUT2D eigenvalue weighted by atomic mass is 33.1. The first-order valence-corrected chi connectivity index (χ1v) is 21.4. The number of hydrogen-bond acceptors (Lipinski definition) is 16. The average molecular weight is 851 g/mol. The minimum absolute atomic E-state index is 0.0791. The lowest BCUT2D eigenvalue weighted by Crippen LogP contribution is -2.52. The van der Waals surface area contributed by atoms with Gasteiger partial charge in [0, 0.05) is 43.4 Å². The molecule has 0 unspecified atom stereocenters. The quantitative estimate of drug-likeness (QED) is 0.0490. The fourth-order valence-electron chi connectivity index (χ4n) is 8.32. The monoisotopic (exact) mass is 850 g/mol. The molecule has 2 aliphatic heterocycles. The van der Waals surface area contributed by atoms with E-state index in [0.29, 0.717) is 40.5 Å². The van der Waals surface area contributed by atoms with Gasteiger partial charge in [0.25, 0.3) is 12.0 Å². The third kappa shape index (κ3) is 7.86. The van der Waals surface area contributed by atoms with E-state index in [-0.39, 0.29) is 47.3 Å². The summed E-state index contributed by atoms with van der Waals surface area (Å²) in [7, 11) is 7.20. The molecule has 1 aromatic heterocycles. The van der Waals surface area contributed by atoms with Gasteiger partial charge in [0.15, 0.2) is 11.2 Å². The summed E-state index contributed by atoms with van der Waals surface area (Å²) >= 11 is 0. The summed E-state index contributed by atoms with van der Waals surface area (Å²) in [5.41, 5.74) is -2.85. The predicted molar refractivity (Wildman–Crippen MR) is 217 cm³/mol. The van der Waals surface area contributed by atoms with Gasteiger partial charge in [-0.2, -0.15) is 0 Å². The zero-order valence-corrected chi connectivity index (χ0v) is 34.4. The van der Waals surface area contributed by atoms with Crippen LogP contribution in [0.4, 0.5) is 5.69 Å². The molecule has 15 nitrogen and oxygen atoms in total. The molecule has 0 spiro atoms. The van der Waals surface area contributed by atoms with Crippen LogP contribution in [0.5, 0.6) is 23.0 Å². The standard InChI is InChI=1S/C42H46N2O13S2/c1-5-29(45)33-23-54-39(53-4)40(56-33)55-28-20-31(52-3)37-32(21-28)57-42(25-13-16-27(51-2)17-14-25)36(24-10-7-6-8-11-24)35(38(47)41(37,42)48)30(46)12-9-19-58-59-34-18-15-26(22-43-34)44(49)50/h6-8,10-11,13-18,20-22,29,33,35-36,38-40,45,47-48H,5,9,12,19,23H2,1-4H3/t29-,33-,35-,36-,38-,39-,40-,41+,42+/m1/s1. The normalized spacial score (nSPS) is 27.6. The Kier molecular flexibility index (Phi) is 13.0. The van der Waals surface area contributed by atoms with Crippen LogP contribution in [0.2, 0.25) is 0 Å². The van der Waals surface area contributed by atoms with E-state index in [0.717, 1.165) is 0 Å². The molecule has 3 aliphatic rings. The first kappa shape index (κ1) is 42.7. The molecule has 1 aliphatic carbocycles. The second-order valence-electron chi connectivity index (χ2n) is 14.4. The number of pyridine rings is 1. The number of benzene rings is 3. The van der Waals surface area contributed by atoms with E-state index in [1.165, 1.54) is 54.1 Å². The van der Waals surface area contributed by atoms with Crippen LogP contribution in [-0.4, -0.2) is 95.6 Å². The Balaban J connectivity index is 1.25. The molecule has 1 saturated carbocycles. The number of fused-ring (bicyclic) bond motifs is 3. The van der Waals surface area contributed by atoms with Crippen LogP contribution in [0.25, 0.3) is 0 Å². The lowest BCUT2D eigenvalue weighted by molar-refractivity contribution is -0.385. The summed E-state index contributed by atoms with van der Waals surface area (Å²) in [6.07, 6.45) is -3.05. The molecular formula is C42H46N2O13S2. The van der Waals surface area contributed by atoms with E-state index in [2.05, 4.69) is 4.98 Å². The smallest absolute Gasteiger partial charge is 0.287 e. The van der Waals surface area contributed by atoms with Crippen molar-refractivity contribution in [3.8, 4) is 23.0 Å². The van der Waals surface area contributed by atoms with E-state index in [1.54, 1.807) is 43.5 Å². The Hall–Kier alpha value is -4.46. The summed E-state index contributed by atoms with van der Waals surface area (Å²) in [4.78, 5) is 29.2. The molecule has 1 saturated heterocycles. The van der Waals surface area contributed by atoms with Crippen molar-refractivity contribution in [1.82, 2.24) is 4.98 Å². The number of ketones is 1. The van der Waals surface area contributed by atoms with Gasteiger partial charge in [-0.05, 0) is 53.0 Å².